The normalized spacial score (nSPS) is 17.1. The number of amides is 6. The summed E-state index contributed by atoms with van der Waals surface area (Å²) in [7, 11) is 0. The molecule has 6 aromatic heterocycles. The van der Waals surface area contributed by atoms with Crippen LogP contribution in [0.2, 0.25) is 25.1 Å². The van der Waals surface area contributed by atoms with Crippen molar-refractivity contribution in [3.8, 4) is 18.2 Å². The van der Waals surface area contributed by atoms with Crippen molar-refractivity contribution in [3.05, 3.63) is 137 Å². The van der Waals surface area contributed by atoms with Crippen molar-refractivity contribution in [3.63, 3.8) is 0 Å². The molecule has 12 N–H and O–H groups in total. The van der Waals surface area contributed by atoms with Gasteiger partial charge in [0.25, 0.3) is 0 Å². The standard InChI is InChI=1S/C20H25ClFN3O2.C19H24ClN3O2.C19H24FN3O2.3C17H19ClN4O2/c1-2-20(27,11-22)10-17(26)23-19-24-18-15(21)8-13(12-6-7-12)9-16(18)25(19)14-4-3-5-14;1-19(2,25)10-16(24)21-18-22-17-14(20)8-12(11-6-7-11)9-15(17)23(18)13-4-3-5-13;1-19(2,25)10-15(24)22-18-21-14-9-8-13(11-6-7-11)16(20)17(14)23(18)12-4-3-5-12;3*1-17(2,24)8-14(23)21-16-20-13-7-6-12(18)11(9-19)15(13)22(16)10-4-3-5-10/h8-9,12,14,27H,2-7,10-11H2,1H3,(H,23,24,26);8-9,11,13,25H,3-7,10H2,1-2H3,(H,21,22,24);8-9,11-12,25H,3-7,10H2,1-2H3,(H,21,22,24);3*6-7,10,24H,3-5,8H2,1-2H3,(H,20,21,23). The number of imidazole rings is 6. The van der Waals surface area contributed by atoms with Gasteiger partial charge in [-0.15, -0.1) is 0 Å². The Labute approximate surface area is 887 Å². The second-order valence-corrected chi connectivity index (χ2v) is 46.6. The van der Waals surface area contributed by atoms with Gasteiger partial charge in [-0.1, -0.05) is 71.0 Å². The summed E-state index contributed by atoms with van der Waals surface area (Å²) in [5, 5.41) is 107. The van der Waals surface area contributed by atoms with E-state index in [1.54, 1.807) is 113 Å². The van der Waals surface area contributed by atoms with Gasteiger partial charge in [0.05, 0.1) is 158 Å². The molecule has 12 aromatic rings. The zero-order valence-corrected chi connectivity index (χ0v) is 89.5. The number of carbonyl (C=O) groups is 6. The molecule has 0 bridgehead atoms. The third kappa shape index (κ3) is 26.1. The fraction of sp³-hybridized carbons (Fsp3) is 0.532. The maximum atomic E-state index is 15.1. The van der Waals surface area contributed by atoms with Crippen LogP contribution in [-0.4, -0.2) is 164 Å². The van der Waals surface area contributed by atoms with Crippen LogP contribution in [0.4, 0.5) is 44.5 Å². The van der Waals surface area contributed by atoms with Crippen molar-refractivity contribution >= 4 is 195 Å². The first-order chi connectivity index (χ1) is 70.5. The predicted molar refractivity (Wildman–Crippen MR) is 573 cm³/mol. The van der Waals surface area contributed by atoms with Gasteiger partial charge in [0, 0.05) is 36.3 Å². The molecule has 6 heterocycles. The summed E-state index contributed by atoms with van der Waals surface area (Å²) in [5.74, 6) is 1.96. The molecule has 1 atom stereocenters. The lowest BCUT2D eigenvalue weighted by atomic mass is 9.92. The number of fused-ring (bicyclic) bond motifs is 6. The highest BCUT2D eigenvalue weighted by atomic mass is 35.5. The molecule has 1 unspecified atom stereocenters. The fourth-order valence-corrected chi connectivity index (χ4v) is 20.6. The molecule has 9 saturated carbocycles. The molecule has 6 aromatic carbocycles. The molecule has 9 fully saturated rings. The number of benzene rings is 6. The Morgan fingerprint density at radius 2 is 0.584 bits per heavy atom. The highest BCUT2D eigenvalue weighted by Gasteiger charge is 2.40. The van der Waals surface area contributed by atoms with Gasteiger partial charge in [-0.05, 0) is 331 Å². The minimum atomic E-state index is -1.63. The minimum Gasteiger partial charge on any atom is -0.390 e. The smallest absolute Gasteiger partial charge is 0.229 e. The monoisotopic (exact) mass is 2140 g/mol. The molecule has 0 aliphatic heterocycles. The van der Waals surface area contributed by atoms with E-state index >= 15 is 4.39 Å². The van der Waals surface area contributed by atoms with Gasteiger partial charge < -0.3 is 58.0 Å². The Bertz CT molecular complexity index is 6890. The van der Waals surface area contributed by atoms with E-state index in [9.17, 15) is 79.6 Å². The van der Waals surface area contributed by atoms with Crippen molar-refractivity contribution in [1.29, 1.82) is 15.8 Å². The molecule has 9 aliphatic carbocycles. The van der Waals surface area contributed by atoms with Crippen LogP contribution in [0.25, 0.3) is 66.2 Å². The summed E-state index contributed by atoms with van der Waals surface area (Å²) in [6.07, 6.45) is 25.4. The van der Waals surface area contributed by atoms with Crippen molar-refractivity contribution in [1.82, 2.24) is 57.3 Å². The number of alkyl halides is 1. The quantitative estimate of drug-likeness (QED) is 0.0207. The number of aliphatic hydroxyl groups is 6. The summed E-state index contributed by atoms with van der Waals surface area (Å²) in [5.41, 5.74) is 5.64. The van der Waals surface area contributed by atoms with E-state index in [1.807, 2.05) is 42.5 Å². The number of nitrogens with zero attached hydrogens (tertiary/aromatic N) is 15. The van der Waals surface area contributed by atoms with E-state index in [-0.39, 0.29) is 111 Å². The number of halogens is 7. The summed E-state index contributed by atoms with van der Waals surface area (Å²) in [4.78, 5) is 101. The van der Waals surface area contributed by atoms with Crippen LogP contribution >= 0.6 is 58.0 Å². The summed E-state index contributed by atoms with van der Waals surface area (Å²) in [6.45, 7) is 16.6. The van der Waals surface area contributed by atoms with Gasteiger partial charge in [0.2, 0.25) is 71.1 Å². The first-order valence-electron chi connectivity index (χ1n) is 51.6. The average Bonchev–Trinajstić information content (AvgIpc) is 1.60. The lowest BCUT2D eigenvalue weighted by molar-refractivity contribution is -0.122. The van der Waals surface area contributed by atoms with E-state index < -0.39 is 46.2 Å². The number of nitriles is 3. The minimum absolute atomic E-state index is 0.0297. The zero-order chi connectivity index (χ0) is 107. The summed E-state index contributed by atoms with van der Waals surface area (Å²) >= 11 is 31.5. The molecular weight excluding hydrogens is 2010 g/mol. The maximum Gasteiger partial charge on any atom is 0.229 e. The van der Waals surface area contributed by atoms with Gasteiger partial charge >= 0.3 is 0 Å². The lowest BCUT2D eigenvalue weighted by Gasteiger charge is -2.29. The predicted octanol–water partition coefficient (Wildman–Crippen LogP) is 23.2. The number of rotatable bonds is 29. The first kappa shape index (κ1) is 110. The zero-order valence-electron chi connectivity index (χ0n) is 85.7. The molecule has 149 heavy (non-hydrogen) atoms. The van der Waals surface area contributed by atoms with Crippen molar-refractivity contribution in [2.24, 2.45) is 0 Å². The highest BCUT2D eigenvalue weighted by Crippen LogP contribution is 2.51. The van der Waals surface area contributed by atoms with Gasteiger partial charge in [-0.25, -0.2) is 38.7 Å². The molecule has 6 amide bonds. The molecule has 9 aliphatic rings. The largest absolute Gasteiger partial charge is 0.390 e. The Morgan fingerprint density at radius 1 is 0.342 bits per heavy atom. The van der Waals surface area contributed by atoms with Crippen LogP contribution in [0.3, 0.4) is 0 Å². The molecule has 21 rings (SSSR count). The SMILES string of the molecule is CC(C)(O)CC(=O)Nc1nc2c(Cl)cc(C3CC3)cc2n1C1CCC1.CC(C)(O)CC(=O)Nc1nc2ccc(C3CC3)c(F)c2n1C1CCC1.CC(C)(O)CC(=O)Nc1nc2ccc(Cl)c(C#N)c2n1C1CCC1.CC(C)(O)CC(=O)Nc1nc2ccc(Cl)c(C#N)c2n1C1CCC1.CC(C)(O)CC(=O)Nc1nc2ccc(Cl)c(C#N)c2n1C1CCC1.CCC(O)(CF)CC(=O)Nc1nc2c(Cl)cc(C3CC3)cc2n1C1CCC1. The fourth-order valence-electron chi connectivity index (χ4n) is 19.4. The number of aromatic nitrogens is 12. The second-order valence-electron chi connectivity index (χ2n) is 44.6. The van der Waals surface area contributed by atoms with Crippen LogP contribution in [0.5, 0.6) is 0 Å². The lowest BCUT2D eigenvalue weighted by Crippen LogP contribution is -2.36. The van der Waals surface area contributed by atoms with Gasteiger partial charge in [-0.3, -0.25) is 60.7 Å². The number of anilines is 6. The topological polar surface area (TPSA) is 474 Å². The van der Waals surface area contributed by atoms with Crippen LogP contribution in [-0.2, 0) is 28.8 Å². The maximum absolute atomic E-state index is 15.1. The van der Waals surface area contributed by atoms with Crippen LogP contribution in [0.15, 0.2) is 72.8 Å². The van der Waals surface area contributed by atoms with E-state index in [2.05, 4.69) is 101 Å². The average molecular weight is 2140 g/mol. The van der Waals surface area contributed by atoms with Gasteiger partial charge in [0.1, 0.15) is 47.0 Å². The molecule has 33 nitrogen and oxygen atoms in total. The Kier molecular flexibility index (Phi) is 33.1. The number of hydrogen-bond acceptors (Lipinski definition) is 21. The van der Waals surface area contributed by atoms with Crippen molar-refractivity contribution in [2.45, 2.75) is 363 Å². The van der Waals surface area contributed by atoms with Gasteiger partial charge in [0.15, 0.2) is 5.82 Å². The van der Waals surface area contributed by atoms with E-state index in [0.29, 0.717) is 151 Å². The molecule has 40 heteroatoms. The molecule has 0 spiro atoms. The molecule has 792 valence electrons. The first-order valence-corrected chi connectivity index (χ1v) is 53.5. The third-order valence-corrected chi connectivity index (χ3v) is 30.2. The Morgan fingerprint density at radius 3 is 0.819 bits per heavy atom. The van der Waals surface area contributed by atoms with E-state index in [0.717, 1.165) is 144 Å². The molecular formula is C109H130Cl5F2N21O12. The van der Waals surface area contributed by atoms with Crippen LogP contribution in [0.1, 0.15) is 363 Å². The van der Waals surface area contributed by atoms with E-state index in [1.165, 1.54) is 43.2 Å². The van der Waals surface area contributed by atoms with Crippen molar-refractivity contribution in [2.75, 3.05) is 38.6 Å². The Balaban J connectivity index is 0.000000127. The van der Waals surface area contributed by atoms with Crippen LogP contribution < -0.4 is 31.9 Å². The second kappa shape index (κ2) is 44.8. The highest BCUT2D eigenvalue weighted by molar-refractivity contribution is 6.36. The summed E-state index contributed by atoms with van der Waals surface area (Å²) in [6, 6.07) is 30.0. The molecule has 0 saturated heterocycles. The number of hydrogen-bond donors (Lipinski definition) is 12. The van der Waals surface area contributed by atoms with E-state index in [4.69, 9.17) is 58.0 Å². The van der Waals surface area contributed by atoms with Gasteiger partial charge in [-0.2, -0.15) is 15.8 Å². The summed E-state index contributed by atoms with van der Waals surface area (Å²) < 4.78 is 40.0. The third-order valence-electron chi connectivity index (χ3n) is 28.7. The van der Waals surface area contributed by atoms with Crippen molar-refractivity contribution < 1.29 is 68.2 Å². The van der Waals surface area contributed by atoms with Crippen LogP contribution in [0, 0.1) is 39.8 Å². The molecule has 0 radical (unpaired) electrons. The number of nitrogens with one attached hydrogen (secondary N) is 6. The number of carbonyl (C=O) groups excluding carboxylic acids is 6. The Hall–Kier alpha value is -11.5.